The van der Waals surface area contributed by atoms with Gasteiger partial charge in [0.05, 0.1) is 5.54 Å². The van der Waals surface area contributed by atoms with Crippen LogP contribution in [0.15, 0.2) is 30.3 Å². The van der Waals surface area contributed by atoms with Crippen molar-refractivity contribution < 1.29 is 9.53 Å². The number of halogens is 1. The molecule has 0 radical (unpaired) electrons. The molecule has 5 heteroatoms. The van der Waals surface area contributed by atoms with Crippen LogP contribution in [0.25, 0.3) is 0 Å². The minimum absolute atomic E-state index is 0. The Hall–Kier alpha value is -1.26. The molecule has 18 heavy (non-hydrogen) atoms. The van der Waals surface area contributed by atoms with Crippen LogP contribution < -0.4 is 10.6 Å². The number of amides is 1. The summed E-state index contributed by atoms with van der Waals surface area (Å²) in [6.07, 6.45) is 0.591. The second-order valence-corrected chi connectivity index (χ2v) is 4.67. The molecule has 0 spiro atoms. The van der Waals surface area contributed by atoms with Crippen LogP contribution in [0.2, 0.25) is 0 Å². The van der Waals surface area contributed by atoms with Gasteiger partial charge in [-0.1, -0.05) is 30.3 Å². The fourth-order valence-corrected chi connectivity index (χ4v) is 1.93. The second-order valence-electron chi connectivity index (χ2n) is 4.67. The smallest absolute Gasteiger partial charge is 0.407 e. The molecule has 1 heterocycles. The molecule has 100 valence electrons. The molecule has 2 rings (SSSR count). The predicted molar refractivity (Wildman–Crippen MR) is 72.9 cm³/mol. The first kappa shape index (κ1) is 14.8. The number of hydrogen-bond donors (Lipinski definition) is 2. The summed E-state index contributed by atoms with van der Waals surface area (Å²) in [6, 6.07) is 9.67. The number of alkyl carbamates (subject to hydrolysis) is 1. The van der Waals surface area contributed by atoms with E-state index in [1.54, 1.807) is 0 Å². The van der Waals surface area contributed by atoms with E-state index in [1.807, 2.05) is 37.3 Å². The van der Waals surface area contributed by atoms with Crippen molar-refractivity contribution in [3.05, 3.63) is 35.9 Å². The van der Waals surface area contributed by atoms with E-state index in [0.29, 0.717) is 6.61 Å². The third kappa shape index (κ3) is 4.20. The van der Waals surface area contributed by atoms with Crippen molar-refractivity contribution >= 4 is 18.5 Å². The first-order valence-electron chi connectivity index (χ1n) is 5.88. The maximum atomic E-state index is 11.6. The minimum atomic E-state index is -0.347. The minimum Gasteiger partial charge on any atom is -0.445 e. The van der Waals surface area contributed by atoms with Crippen LogP contribution in [0, 0.1) is 0 Å². The highest BCUT2D eigenvalue weighted by molar-refractivity contribution is 5.85. The lowest BCUT2D eigenvalue weighted by Crippen LogP contribution is -2.47. The maximum absolute atomic E-state index is 11.6. The van der Waals surface area contributed by atoms with E-state index < -0.39 is 0 Å². The van der Waals surface area contributed by atoms with Crippen LogP contribution in [0.5, 0.6) is 0 Å². The van der Waals surface area contributed by atoms with E-state index in [9.17, 15) is 4.79 Å². The molecule has 0 saturated carbocycles. The van der Waals surface area contributed by atoms with Crippen molar-refractivity contribution in [3.8, 4) is 0 Å². The normalized spacial score (nSPS) is 22.1. The molecule has 1 saturated heterocycles. The van der Waals surface area contributed by atoms with Crippen LogP contribution >= 0.6 is 12.4 Å². The maximum Gasteiger partial charge on any atom is 0.407 e. The van der Waals surface area contributed by atoms with Gasteiger partial charge in [0.1, 0.15) is 6.61 Å². The molecule has 2 N–H and O–H groups in total. The number of benzene rings is 1. The number of rotatable bonds is 3. The highest BCUT2D eigenvalue weighted by atomic mass is 35.5. The molecule has 1 amide bonds. The number of nitrogens with one attached hydrogen (secondary N) is 2. The molecule has 1 aliphatic heterocycles. The van der Waals surface area contributed by atoms with Gasteiger partial charge in [-0.3, -0.25) is 0 Å². The molecule has 0 aromatic heterocycles. The van der Waals surface area contributed by atoms with Crippen LogP contribution in [-0.4, -0.2) is 24.7 Å². The standard InChI is InChI=1S/C13H18N2O2.ClH/c1-13(7-8-14-10-13)15-12(16)17-9-11-5-3-2-4-6-11;/h2-6,14H,7-10H2,1H3,(H,15,16);1H. The largest absolute Gasteiger partial charge is 0.445 e. The molecule has 1 aromatic rings. The molecule has 0 bridgehead atoms. The van der Waals surface area contributed by atoms with E-state index in [4.69, 9.17) is 4.74 Å². The zero-order chi connectivity index (χ0) is 12.1. The molecule has 1 atom stereocenters. The summed E-state index contributed by atoms with van der Waals surface area (Å²) >= 11 is 0. The quantitative estimate of drug-likeness (QED) is 0.884. The first-order valence-corrected chi connectivity index (χ1v) is 5.88. The Labute approximate surface area is 114 Å². The Morgan fingerprint density at radius 3 is 2.78 bits per heavy atom. The van der Waals surface area contributed by atoms with E-state index in [1.165, 1.54) is 0 Å². The fraction of sp³-hybridized carbons (Fsp3) is 0.462. The lowest BCUT2D eigenvalue weighted by Gasteiger charge is -2.23. The average Bonchev–Trinajstić information content (AvgIpc) is 2.74. The van der Waals surface area contributed by atoms with Crippen molar-refractivity contribution in [1.82, 2.24) is 10.6 Å². The van der Waals surface area contributed by atoms with Gasteiger partial charge in [0, 0.05) is 6.54 Å². The summed E-state index contributed by atoms with van der Waals surface area (Å²) in [6.45, 7) is 4.08. The summed E-state index contributed by atoms with van der Waals surface area (Å²) in [5.74, 6) is 0. The lowest BCUT2D eigenvalue weighted by atomic mass is 10.0. The van der Waals surface area contributed by atoms with Crippen LogP contribution in [-0.2, 0) is 11.3 Å². The SMILES string of the molecule is CC1(NC(=O)OCc2ccccc2)CCNC1.Cl. The fourth-order valence-electron chi connectivity index (χ4n) is 1.93. The highest BCUT2D eigenvalue weighted by Gasteiger charge is 2.30. The zero-order valence-electron chi connectivity index (χ0n) is 10.4. The molecular formula is C13H19ClN2O2. The topological polar surface area (TPSA) is 50.4 Å². The van der Waals surface area contributed by atoms with E-state index in [0.717, 1.165) is 25.1 Å². The lowest BCUT2D eigenvalue weighted by molar-refractivity contribution is 0.129. The summed E-state index contributed by atoms with van der Waals surface area (Å²) in [4.78, 5) is 11.6. The Balaban J connectivity index is 0.00000162. The third-order valence-corrected chi connectivity index (χ3v) is 2.99. The van der Waals surface area contributed by atoms with Crippen LogP contribution in [0.3, 0.4) is 0 Å². The summed E-state index contributed by atoms with van der Waals surface area (Å²) < 4.78 is 5.18. The molecular weight excluding hydrogens is 252 g/mol. The zero-order valence-corrected chi connectivity index (χ0v) is 11.3. The van der Waals surface area contributed by atoms with Gasteiger partial charge in [0.2, 0.25) is 0 Å². The Morgan fingerprint density at radius 1 is 1.44 bits per heavy atom. The first-order chi connectivity index (χ1) is 8.18. The molecule has 1 aliphatic rings. The molecule has 0 aliphatic carbocycles. The number of carbonyl (C=O) groups is 1. The van der Waals surface area contributed by atoms with Gasteiger partial charge in [-0.2, -0.15) is 0 Å². The average molecular weight is 271 g/mol. The monoisotopic (exact) mass is 270 g/mol. The van der Waals surface area contributed by atoms with Crippen molar-refractivity contribution in [1.29, 1.82) is 0 Å². The molecule has 1 fully saturated rings. The summed E-state index contributed by atoms with van der Waals surface area (Å²) in [5.41, 5.74) is 0.825. The Kier molecular flexibility index (Phi) is 5.44. The van der Waals surface area contributed by atoms with Gasteiger partial charge in [-0.15, -0.1) is 12.4 Å². The van der Waals surface area contributed by atoms with Crippen molar-refractivity contribution in [2.75, 3.05) is 13.1 Å². The van der Waals surface area contributed by atoms with Gasteiger partial charge < -0.3 is 15.4 Å². The van der Waals surface area contributed by atoms with E-state index in [-0.39, 0.29) is 24.0 Å². The van der Waals surface area contributed by atoms with Gasteiger partial charge in [0.25, 0.3) is 0 Å². The van der Waals surface area contributed by atoms with E-state index in [2.05, 4.69) is 10.6 Å². The van der Waals surface area contributed by atoms with Crippen molar-refractivity contribution in [3.63, 3.8) is 0 Å². The van der Waals surface area contributed by atoms with Crippen LogP contribution in [0.4, 0.5) is 4.79 Å². The number of hydrogen-bond acceptors (Lipinski definition) is 3. The third-order valence-electron chi connectivity index (χ3n) is 2.99. The van der Waals surface area contributed by atoms with Gasteiger partial charge >= 0.3 is 6.09 Å². The molecule has 1 unspecified atom stereocenters. The number of carbonyl (C=O) groups excluding carboxylic acids is 1. The summed E-state index contributed by atoms with van der Waals surface area (Å²) in [7, 11) is 0. The molecule has 1 aromatic carbocycles. The Bertz CT molecular complexity index is 378. The van der Waals surface area contributed by atoms with Crippen molar-refractivity contribution in [2.24, 2.45) is 0 Å². The molecule has 4 nitrogen and oxygen atoms in total. The second kappa shape index (κ2) is 6.61. The van der Waals surface area contributed by atoms with Gasteiger partial charge in [-0.05, 0) is 25.5 Å². The van der Waals surface area contributed by atoms with Crippen molar-refractivity contribution in [2.45, 2.75) is 25.5 Å². The van der Waals surface area contributed by atoms with Gasteiger partial charge in [-0.25, -0.2) is 4.79 Å². The van der Waals surface area contributed by atoms with E-state index >= 15 is 0 Å². The number of ether oxygens (including phenoxy) is 1. The summed E-state index contributed by atoms with van der Waals surface area (Å²) in [5, 5.41) is 6.12. The van der Waals surface area contributed by atoms with Crippen LogP contribution in [0.1, 0.15) is 18.9 Å². The Morgan fingerprint density at radius 2 is 2.17 bits per heavy atom. The highest BCUT2D eigenvalue weighted by Crippen LogP contribution is 2.13. The predicted octanol–water partition coefficient (Wildman–Crippen LogP) is 2.09. The van der Waals surface area contributed by atoms with Gasteiger partial charge in [0.15, 0.2) is 0 Å².